The number of hydrogen-bond donors (Lipinski definition) is 3. The van der Waals surface area contributed by atoms with Crippen molar-refractivity contribution >= 4 is 17.4 Å². The van der Waals surface area contributed by atoms with E-state index < -0.39 is 12.1 Å². The number of rotatable bonds is 7. The van der Waals surface area contributed by atoms with E-state index in [1.165, 1.54) is 6.07 Å². The number of carbonyl (C=O) groups excluding carboxylic acids is 1. The summed E-state index contributed by atoms with van der Waals surface area (Å²) in [5.74, 6) is -0.379. The van der Waals surface area contributed by atoms with Gasteiger partial charge in [-0.25, -0.2) is 9.18 Å². The Morgan fingerprint density at radius 3 is 2.64 bits per heavy atom. The highest BCUT2D eigenvalue weighted by molar-refractivity contribution is 5.89. The molecule has 1 aromatic carbocycles. The molecule has 0 saturated heterocycles. The van der Waals surface area contributed by atoms with Crippen molar-refractivity contribution in [1.82, 2.24) is 5.32 Å². The zero-order valence-corrected chi connectivity index (χ0v) is 13.7. The number of amides is 2. The Bertz CT molecular complexity index is 494. The largest absolute Gasteiger partial charge is 0.393 e. The predicted molar refractivity (Wildman–Crippen MR) is 87.9 cm³/mol. The summed E-state index contributed by atoms with van der Waals surface area (Å²) < 4.78 is 14.1. The van der Waals surface area contributed by atoms with Crippen molar-refractivity contribution in [3.8, 4) is 0 Å². The van der Waals surface area contributed by atoms with Crippen molar-refractivity contribution < 1.29 is 14.3 Å². The van der Waals surface area contributed by atoms with Gasteiger partial charge in [0.15, 0.2) is 0 Å². The van der Waals surface area contributed by atoms with E-state index >= 15 is 0 Å². The first-order chi connectivity index (χ1) is 10.3. The van der Waals surface area contributed by atoms with Crippen LogP contribution in [0.2, 0.25) is 0 Å². The van der Waals surface area contributed by atoms with Crippen LogP contribution < -0.4 is 15.5 Å². The number of anilines is 2. The van der Waals surface area contributed by atoms with Gasteiger partial charge in [-0.1, -0.05) is 6.92 Å². The van der Waals surface area contributed by atoms with Gasteiger partial charge in [0.1, 0.15) is 5.82 Å². The predicted octanol–water partition coefficient (Wildman–Crippen LogP) is 2.95. The van der Waals surface area contributed by atoms with Crippen LogP contribution in [0.1, 0.15) is 33.6 Å². The number of nitrogens with zero attached hydrogens (tertiary/aromatic N) is 1. The molecular formula is C16H26FN3O2. The summed E-state index contributed by atoms with van der Waals surface area (Å²) in [5.41, 5.74) is 0.888. The highest BCUT2D eigenvalue weighted by atomic mass is 19.1. The number of carbonyl (C=O) groups is 1. The molecule has 5 nitrogen and oxygen atoms in total. The van der Waals surface area contributed by atoms with Crippen molar-refractivity contribution in [2.75, 3.05) is 23.8 Å². The molecule has 0 fully saturated rings. The lowest BCUT2D eigenvalue weighted by Crippen LogP contribution is -2.31. The minimum Gasteiger partial charge on any atom is -0.393 e. The number of aliphatic hydroxyl groups is 1. The van der Waals surface area contributed by atoms with E-state index in [4.69, 9.17) is 0 Å². The normalized spacial score (nSPS) is 12.1. The zero-order chi connectivity index (χ0) is 16.7. The van der Waals surface area contributed by atoms with E-state index in [9.17, 15) is 14.3 Å². The third kappa shape index (κ3) is 5.52. The molecule has 1 aromatic rings. The third-order valence-electron chi connectivity index (χ3n) is 3.59. The minimum atomic E-state index is -0.413. The molecule has 0 aliphatic carbocycles. The summed E-state index contributed by atoms with van der Waals surface area (Å²) in [4.78, 5) is 13.5. The molecule has 124 valence electrons. The Kier molecular flexibility index (Phi) is 7.11. The minimum absolute atomic E-state index is 0.182. The molecule has 2 amide bonds. The van der Waals surface area contributed by atoms with E-state index in [-0.39, 0.29) is 11.9 Å². The average molecular weight is 311 g/mol. The molecule has 0 radical (unpaired) electrons. The molecule has 0 aromatic heterocycles. The quantitative estimate of drug-likeness (QED) is 0.725. The fraction of sp³-hybridized carbons (Fsp3) is 0.562. The Labute approximate surface area is 131 Å². The van der Waals surface area contributed by atoms with E-state index in [0.29, 0.717) is 30.8 Å². The lowest BCUT2D eigenvalue weighted by Gasteiger charge is -2.24. The monoisotopic (exact) mass is 311 g/mol. The van der Waals surface area contributed by atoms with E-state index in [0.717, 1.165) is 0 Å². The molecule has 1 unspecified atom stereocenters. The van der Waals surface area contributed by atoms with Gasteiger partial charge >= 0.3 is 6.03 Å². The fourth-order valence-electron chi connectivity index (χ4n) is 1.88. The summed E-state index contributed by atoms with van der Waals surface area (Å²) in [6, 6.07) is 4.38. The molecule has 6 heteroatoms. The Morgan fingerprint density at radius 1 is 1.41 bits per heavy atom. The van der Waals surface area contributed by atoms with Gasteiger partial charge in [-0.05, 0) is 44.9 Å². The summed E-state index contributed by atoms with van der Waals surface area (Å²) in [7, 11) is 1.82. The van der Waals surface area contributed by atoms with Gasteiger partial charge < -0.3 is 20.6 Å². The summed E-state index contributed by atoms with van der Waals surface area (Å²) in [6.45, 7) is 6.20. The van der Waals surface area contributed by atoms with Gasteiger partial charge in [0, 0.05) is 25.3 Å². The van der Waals surface area contributed by atoms with Gasteiger partial charge in [-0.15, -0.1) is 0 Å². The zero-order valence-electron chi connectivity index (χ0n) is 13.7. The Hall–Kier alpha value is -1.82. The molecule has 0 spiro atoms. The first kappa shape index (κ1) is 18.2. The lowest BCUT2D eigenvalue weighted by molar-refractivity contribution is 0.160. The van der Waals surface area contributed by atoms with Crippen LogP contribution in [0.25, 0.3) is 0 Å². The summed E-state index contributed by atoms with van der Waals surface area (Å²) in [5, 5.41) is 14.6. The first-order valence-electron chi connectivity index (χ1n) is 7.60. The van der Waals surface area contributed by atoms with Gasteiger partial charge in [0.25, 0.3) is 0 Å². The van der Waals surface area contributed by atoms with E-state index in [1.807, 2.05) is 32.7 Å². The number of aliphatic hydroxyl groups excluding tert-OH is 1. The van der Waals surface area contributed by atoms with Crippen LogP contribution in [0.15, 0.2) is 18.2 Å². The van der Waals surface area contributed by atoms with Crippen LogP contribution in [0.4, 0.5) is 20.6 Å². The highest BCUT2D eigenvalue weighted by Crippen LogP contribution is 2.23. The van der Waals surface area contributed by atoms with Crippen molar-refractivity contribution in [1.29, 1.82) is 0 Å². The van der Waals surface area contributed by atoms with Crippen LogP contribution in [0.3, 0.4) is 0 Å². The van der Waals surface area contributed by atoms with Crippen LogP contribution in [0, 0.1) is 5.82 Å². The smallest absolute Gasteiger partial charge is 0.319 e. The molecule has 1 rings (SSSR count). The van der Waals surface area contributed by atoms with Gasteiger partial charge in [-0.2, -0.15) is 0 Å². The van der Waals surface area contributed by atoms with Crippen molar-refractivity contribution in [2.45, 2.75) is 45.8 Å². The van der Waals surface area contributed by atoms with Crippen LogP contribution in [-0.4, -0.2) is 36.9 Å². The van der Waals surface area contributed by atoms with Crippen molar-refractivity contribution in [2.24, 2.45) is 0 Å². The molecular weight excluding hydrogens is 285 g/mol. The summed E-state index contributed by atoms with van der Waals surface area (Å²) in [6.07, 6.45) is 0.735. The molecule has 22 heavy (non-hydrogen) atoms. The van der Waals surface area contributed by atoms with Gasteiger partial charge in [0.2, 0.25) is 0 Å². The number of urea groups is 1. The lowest BCUT2D eigenvalue weighted by atomic mass is 10.2. The average Bonchev–Trinajstić information content (AvgIpc) is 2.46. The van der Waals surface area contributed by atoms with Crippen molar-refractivity contribution in [3.05, 3.63) is 24.0 Å². The number of nitrogens with one attached hydrogen (secondary N) is 2. The second-order valence-electron chi connectivity index (χ2n) is 5.60. The maximum atomic E-state index is 14.1. The van der Waals surface area contributed by atoms with Gasteiger partial charge in [-0.3, -0.25) is 0 Å². The maximum absolute atomic E-state index is 14.1. The van der Waals surface area contributed by atoms with Crippen LogP contribution >= 0.6 is 0 Å². The maximum Gasteiger partial charge on any atom is 0.319 e. The number of halogens is 1. The Morgan fingerprint density at radius 2 is 2.09 bits per heavy atom. The SMILES string of the molecule is CCC(O)CCNC(=O)Nc1ccc(N(C)C(C)C)c(F)c1. The third-order valence-corrected chi connectivity index (χ3v) is 3.59. The molecule has 1 atom stereocenters. The standard InChI is InChI=1S/C16H26FN3O2/c1-5-13(21)8-9-18-16(22)19-12-6-7-15(14(17)10-12)20(4)11(2)3/h6-7,10-11,13,21H,5,8-9H2,1-4H3,(H2,18,19,22). The fourth-order valence-corrected chi connectivity index (χ4v) is 1.88. The number of hydrogen-bond acceptors (Lipinski definition) is 3. The second kappa shape index (κ2) is 8.58. The van der Waals surface area contributed by atoms with Crippen LogP contribution in [0.5, 0.6) is 0 Å². The molecule has 0 heterocycles. The topological polar surface area (TPSA) is 64.6 Å². The van der Waals surface area contributed by atoms with Gasteiger partial charge in [0.05, 0.1) is 11.8 Å². The highest BCUT2D eigenvalue weighted by Gasteiger charge is 2.12. The molecule has 0 aliphatic heterocycles. The van der Waals surface area contributed by atoms with E-state index in [2.05, 4.69) is 10.6 Å². The molecule has 0 aliphatic rings. The number of benzene rings is 1. The molecule has 0 bridgehead atoms. The second-order valence-corrected chi connectivity index (χ2v) is 5.60. The molecule has 3 N–H and O–H groups in total. The van der Waals surface area contributed by atoms with Crippen LogP contribution in [-0.2, 0) is 0 Å². The first-order valence-corrected chi connectivity index (χ1v) is 7.60. The van der Waals surface area contributed by atoms with E-state index in [1.54, 1.807) is 12.1 Å². The molecule has 0 saturated carbocycles. The summed E-state index contributed by atoms with van der Waals surface area (Å²) >= 11 is 0. The van der Waals surface area contributed by atoms with Crippen molar-refractivity contribution in [3.63, 3.8) is 0 Å². The Balaban J connectivity index is 2.56.